The maximum absolute atomic E-state index is 5.78. The average molecular weight is 329 g/mol. The van der Waals surface area contributed by atoms with E-state index >= 15 is 0 Å². The standard InChI is InChI=1S/C18H24N4S/c23-18-21(13-15-7-3-1-4-8-15)17(16-9-10-16)19-22(18)14-20-11-5-2-6-12-20/h1,3-4,7-8,16H,2,5-6,9-14H2/p+1. The normalized spacial score (nSPS) is 19.1. The van der Waals surface area contributed by atoms with Crippen LogP contribution in [0.15, 0.2) is 30.3 Å². The second kappa shape index (κ2) is 6.57. The molecular formula is C18H25N4S+. The Morgan fingerprint density at radius 3 is 2.52 bits per heavy atom. The molecular weight excluding hydrogens is 304 g/mol. The third-order valence-electron chi connectivity index (χ3n) is 5.01. The van der Waals surface area contributed by atoms with Gasteiger partial charge in [0.25, 0.3) is 0 Å². The van der Waals surface area contributed by atoms with Crippen LogP contribution in [0.4, 0.5) is 0 Å². The fourth-order valence-corrected chi connectivity index (χ4v) is 3.80. The van der Waals surface area contributed by atoms with Gasteiger partial charge in [0.05, 0.1) is 19.6 Å². The predicted octanol–water partition coefficient (Wildman–Crippen LogP) is 2.37. The summed E-state index contributed by atoms with van der Waals surface area (Å²) in [4.78, 5) is 1.62. The highest BCUT2D eigenvalue weighted by atomic mass is 32.1. The summed E-state index contributed by atoms with van der Waals surface area (Å²) in [5.41, 5.74) is 1.30. The summed E-state index contributed by atoms with van der Waals surface area (Å²) in [6.07, 6.45) is 6.57. The first-order valence-corrected chi connectivity index (χ1v) is 9.27. The summed E-state index contributed by atoms with van der Waals surface area (Å²) in [5, 5.41) is 4.92. The molecule has 0 unspecified atom stereocenters. The van der Waals surface area contributed by atoms with Crippen LogP contribution < -0.4 is 4.90 Å². The van der Waals surface area contributed by atoms with Gasteiger partial charge in [0, 0.05) is 5.92 Å². The molecule has 1 aliphatic carbocycles. The minimum Gasteiger partial charge on any atom is -0.316 e. The molecule has 1 aliphatic heterocycles. The molecule has 1 aromatic carbocycles. The summed E-state index contributed by atoms with van der Waals surface area (Å²) in [5.74, 6) is 1.83. The van der Waals surface area contributed by atoms with Crippen LogP contribution in [0.25, 0.3) is 0 Å². The summed E-state index contributed by atoms with van der Waals surface area (Å²) in [6.45, 7) is 4.29. The van der Waals surface area contributed by atoms with E-state index in [0.29, 0.717) is 5.92 Å². The smallest absolute Gasteiger partial charge is 0.203 e. The first kappa shape index (κ1) is 15.1. The van der Waals surface area contributed by atoms with Crippen LogP contribution in [0.1, 0.15) is 49.4 Å². The molecule has 1 saturated heterocycles. The Morgan fingerprint density at radius 2 is 1.83 bits per heavy atom. The monoisotopic (exact) mass is 329 g/mol. The van der Waals surface area contributed by atoms with Crippen molar-refractivity contribution in [3.63, 3.8) is 0 Å². The number of nitrogens with zero attached hydrogens (tertiary/aromatic N) is 3. The Morgan fingerprint density at radius 1 is 1.09 bits per heavy atom. The van der Waals surface area contributed by atoms with Crippen molar-refractivity contribution >= 4 is 12.2 Å². The summed E-state index contributed by atoms with van der Waals surface area (Å²) in [6, 6.07) is 10.6. The van der Waals surface area contributed by atoms with Gasteiger partial charge in [-0.25, -0.2) is 0 Å². The number of quaternary nitrogens is 1. The molecule has 0 spiro atoms. The highest BCUT2D eigenvalue weighted by Crippen LogP contribution is 2.39. The second-order valence-electron chi connectivity index (χ2n) is 6.96. The molecule has 0 bridgehead atoms. The van der Waals surface area contributed by atoms with Gasteiger partial charge in [0.2, 0.25) is 4.77 Å². The molecule has 2 heterocycles. The van der Waals surface area contributed by atoms with E-state index in [4.69, 9.17) is 17.3 Å². The number of nitrogens with one attached hydrogen (secondary N) is 1. The van der Waals surface area contributed by atoms with Gasteiger partial charge >= 0.3 is 0 Å². The number of aromatic nitrogens is 3. The molecule has 2 aromatic rings. The van der Waals surface area contributed by atoms with Crippen molar-refractivity contribution in [3.05, 3.63) is 46.5 Å². The first-order chi connectivity index (χ1) is 11.3. The molecule has 4 rings (SSSR count). The summed E-state index contributed by atoms with van der Waals surface area (Å²) >= 11 is 5.78. The van der Waals surface area contributed by atoms with Crippen LogP contribution in [0.2, 0.25) is 0 Å². The van der Waals surface area contributed by atoms with E-state index in [1.54, 1.807) is 4.90 Å². The fourth-order valence-electron chi connectivity index (χ4n) is 3.54. The zero-order chi connectivity index (χ0) is 15.6. The summed E-state index contributed by atoms with van der Waals surface area (Å²) < 4.78 is 5.26. The largest absolute Gasteiger partial charge is 0.316 e. The lowest BCUT2D eigenvalue weighted by Gasteiger charge is -2.22. The Kier molecular flexibility index (Phi) is 4.31. The van der Waals surface area contributed by atoms with Gasteiger partial charge in [-0.3, -0.25) is 4.57 Å². The molecule has 1 N–H and O–H groups in total. The van der Waals surface area contributed by atoms with E-state index in [2.05, 4.69) is 39.6 Å². The number of likely N-dealkylation sites (tertiary alicyclic amines) is 1. The molecule has 4 nitrogen and oxygen atoms in total. The van der Waals surface area contributed by atoms with E-state index in [9.17, 15) is 0 Å². The van der Waals surface area contributed by atoms with Crippen molar-refractivity contribution in [1.82, 2.24) is 14.3 Å². The fraction of sp³-hybridized carbons (Fsp3) is 0.556. The van der Waals surface area contributed by atoms with E-state index in [1.807, 2.05) is 0 Å². The molecule has 23 heavy (non-hydrogen) atoms. The molecule has 122 valence electrons. The summed E-state index contributed by atoms with van der Waals surface area (Å²) in [7, 11) is 0. The van der Waals surface area contributed by atoms with Crippen molar-refractivity contribution in [2.45, 2.75) is 51.2 Å². The quantitative estimate of drug-likeness (QED) is 0.853. The van der Waals surface area contributed by atoms with Crippen LogP contribution in [-0.4, -0.2) is 27.4 Å². The van der Waals surface area contributed by atoms with Crippen LogP contribution in [0.5, 0.6) is 0 Å². The van der Waals surface area contributed by atoms with Crippen molar-refractivity contribution in [1.29, 1.82) is 0 Å². The maximum Gasteiger partial charge on any atom is 0.203 e. The predicted molar refractivity (Wildman–Crippen MR) is 93.1 cm³/mol. The van der Waals surface area contributed by atoms with Gasteiger partial charge < -0.3 is 4.90 Å². The topological polar surface area (TPSA) is 27.2 Å². The lowest BCUT2D eigenvalue weighted by molar-refractivity contribution is -0.928. The lowest BCUT2D eigenvalue weighted by Crippen LogP contribution is -3.12. The molecule has 1 aromatic heterocycles. The minimum absolute atomic E-state index is 0.623. The highest BCUT2D eigenvalue weighted by Gasteiger charge is 2.30. The van der Waals surface area contributed by atoms with E-state index < -0.39 is 0 Å². The number of piperidine rings is 1. The van der Waals surface area contributed by atoms with Crippen LogP contribution in [0, 0.1) is 4.77 Å². The lowest BCUT2D eigenvalue weighted by atomic mass is 10.1. The molecule has 1 saturated carbocycles. The Labute approximate surface area is 142 Å². The average Bonchev–Trinajstić information content (AvgIpc) is 3.39. The highest BCUT2D eigenvalue weighted by molar-refractivity contribution is 7.71. The van der Waals surface area contributed by atoms with E-state index in [-0.39, 0.29) is 0 Å². The second-order valence-corrected chi connectivity index (χ2v) is 7.32. The zero-order valence-electron chi connectivity index (χ0n) is 13.6. The van der Waals surface area contributed by atoms with Gasteiger partial charge in [-0.05, 0) is 49.9 Å². The van der Waals surface area contributed by atoms with Crippen molar-refractivity contribution in [3.8, 4) is 0 Å². The van der Waals surface area contributed by atoms with Crippen molar-refractivity contribution in [2.75, 3.05) is 13.1 Å². The number of hydrogen-bond donors (Lipinski definition) is 1. The van der Waals surface area contributed by atoms with Gasteiger partial charge in [-0.15, -0.1) is 0 Å². The van der Waals surface area contributed by atoms with Crippen molar-refractivity contribution in [2.24, 2.45) is 0 Å². The van der Waals surface area contributed by atoms with Crippen LogP contribution >= 0.6 is 12.2 Å². The Balaban J connectivity index is 1.60. The van der Waals surface area contributed by atoms with Gasteiger partial charge in [-0.1, -0.05) is 30.3 Å². The van der Waals surface area contributed by atoms with Crippen molar-refractivity contribution < 1.29 is 4.90 Å². The van der Waals surface area contributed by atoms with E-state index in [0.717, 1.165) is 18.0 Å². The van der Waals surface area contributed by atoms with Gasteiger partial charge in [0.1, 0.15) is 5.82 Å². The number of benzene rings is 1. The third kappa shape index (κ3) is 3.40. The van der Waals surface area contributed by atoms with Gasteiger partial charge in [-0.2, -0.15) is 9.78 Å². The molecule has 0 radical (unpaired) electrons. The SMILES string of the molecule is S=c1n(C[NH+]2CCCCC2)nc(C2CC2)n1Cc1ccccc1. The van der Waals surface area contributed by atoms with Crippen LogP contribution in [0.3, 0.4) is 0 Å². The Hall–Kier alpha value is -1.46. The third-order valence-corrected chi connectivity index (χ3v) is 5.44. The van der Waals surface area contributed by atoms with Gasteiger partial charge in [0.15, 0.2) is 6.67 Å². The number of hydrogen-bond acceptors (Lipinski definition) is 2. The van der Waals surface area contributed by atoms with Crippen LogP contribution in [-0.2, 0) is 13.2 Å². The molecule has 5 heteroatoms. The minimum atomic E-state index is 0.623. The number of rotatable bonds is 5. The Bertz CT molecular complexity index is 708. The first-order valence-electron chi connectivity index (χ1n) is 8.86. The molecule has 2 fully saturated rings. The molecule has 0 atom stereocenters. The zero-order valence-corrected chi connectivity index (χ0v) is 14.4. The van der Waals surface area contributed by atoms with E-state index in [1.165, 1.54) is 56.6 Å². The molecule has 0 amide bonds. The molecule has 2 aliphatic rings. The maximum atomic E-state index is 5.78.